The van der Waals surface area contributed by atoms with E-state index in [0.29, 0.717) is 11.6 Å². The zero-order valence-corrected chi connectivity index (χ0v) is 10.1. The first kappa shape index (κ1) is 12.9. The van der Waals surface area contributed by atoms with Crippen LogP contribution in [-0.4, -0.2) is 26.2 Å². The van der Waals surface area contributed by atoms with Gasteiger partial charge in [0.05, 0.1) is 0 Å². The van der Waals surface area contributed by atoms with Crippen LogP contribution in [0.15, 0.2) is 22.8 Å². The van der Waals surface area contributed by atoms with Crippen LogP contribution in [0.5, 0.6) is 0 Å². The Morgan fingerprint density at radius 1 is 1.62 bits per heavy atom. The van der Waals surface area contributed by atoms with Crippen molar-refractivity contribution in [3.8, 4) is 0 Å². The maximum absolute atomic E-state index is 11.6. The molecule has 1 atom stereocenters. The molecule has 1 heterocycles. The van der Waals surface area contributed by atoms with E-state index in [9.17, 15) is 14.3 Å². The van der Waals surface area contributed by atoms with E-state index in [4.69, 9.17) is 11.6 Å². The molecule has 1 aromatic heterocycles. The molecule has 0 bridgehead atoms. The highest BCUT2D eigenvalue weighted by atomic mass is 35.5. The fourth-order valence-corrected chi connectivity index (χ4v) is 2.13. The number of hydrogen-bond acceptors (Lipinski definition) is 4. The molecule has 0 saturated heterocycles. The molecule has 16 heavy (non-hydrogen) atoms. The predicted molar refractivity (Wildman–Crippen MR) is 61.3 cm³/mol. The first-order valence-corrected chi connectivity index (χ1v) is 6.81. The van der Waals surface area contributed by atoms with E-state index in [1.165, 1.54) is 6.26 Å². The quantitative estimate of drug-likeness (QED) is 0.469. The molecule has 0 aliphatic carbocycles. The third-order valence-electron chi connectivity index (χ3n) is 1.80. The lowest BCUT2D eigenvalue weighted by Crippen LogP contribution is -2.08. The van der Waals surface area contributed by atoms with Crippen molar-refractivity contribution in [2.75, 3.05) is 12.0 Å². The molecule has 0 N–H and O–H groups in total. The van der Waals surface area contributed by atoms with Crippen LogP contribution in [0.3, 0.4) is 0 Å². The summed E-state index contributed by atoms with van der Waals surface area (Å²) >= 11 is 5.60. The molecule has 1 rings (SSSR count). The Hall–Kier alpha value is -1.21. The van der Waals surface area contributed by atoms with Crippen molar-refractivity contribution in [2.45, 2.75) is 6.42 Å². The summed E-state index contributed by atoms with van der Waals surface area (Å²) in [5.41, 5.74) is 0.817. The van der Waals surface area contributed by atoms with Gasteiger partial charge in [-0.1, -0.05) is 17.7 Å². The van der Waals surface area contributed by atoms with E-state index >= 15 is 0 Å². The first-order valence-electron chi connectivity index (χ1n) is 4.34. The van der Waals surface area contributed by atoms with Gasteiger partial charge in [0, 0.05) is 18.2 Å². The lowest BCUT2D eigenvalue weighted by atomic mass is 10.2. The Bertz CT molecular complexity index is 494. The Morgan fingerprint density at radius 2 is 2.31 bits per heavy atom. The first-order chi connectivity index (χ1) is 7.39. The molecule has 0 amide bonds. The van der Waals surface area contributed by atoms with Crippen molar-refractivity contribution < 1.29 is 9.24 Å². The standard InChI is InChI=1S/C8H10ClN3O3S/c1-16(15,11-12(13)14)5-4-7-2-3-8(9)10-6-7/h2-3,6H,4-5H2,1H3. The average Bonchev–Trinajstić information content (AvgIpc) is 2.15. The summed E-state index contributed by atoms with van der Waals surface area (Å²) in [5, 5.41) is 9.56. The fraction of sp³-hybridized carbons (Fsp3) is 0.375. The van der Waals surface area contributed by atoms with Gasteiger partial charge in [0.1, 0.15) is 19.4 Å². The Labute approximate surface area is 98.0 Å². The fourth-order valence-electron chi connectivity index (χ4n) is 1.04. The van der Waals surface area contributed by atoms with Gasteiger partial charge in [-0.3, -0.25) is 0 Å². The molecule has 88 valence electrons. The molecule has 0 aliphatic heterocycles. The van der Waals surface area contributed by atoms with E-state index in [-0.39, 0.29) is 5.75 Å². The van der Waals surface area contributed by atoms with Crippen LogP contribution in [0.2, 0.25) is 5.15 Å². The normalized spacial score (nSPS) is 14.1. The number of rotatable bonds is 4. The number of aromatic nitrogens is 1. The molecular formula is C8H10ClN3O3S. The van der Waals surface area contributed by atoms with Gasteiger partial charge in [-0.2, -0.15) is 0 Å². The highest BCUT2D eigenvalue weighted by Gasteiger charge is 2.08. The van der Waals surface area contributed by atoms with Crippen LogP contribution in [0, 0.1) is 10.1 Å². The SMILES string of the molecule is CS(=O)(CCc1ccc(Cl)nc1)=N[N+](=O)[O-]. The molecule has 0 aliphatic rings. The molecule has 1 aromatic rings. The molecule has 0 radical (unpaired) electrons. The summed E-state index contributed by atoms with van der Waals surface area (Å²) in [6.45, 7) is 0. The van der Waals surface area contributed by atoms with Gasteiger partial charge in [0.25, 0.3) is 0 Å². The number of pyridine rings is 1. The highest BCUT2D eigenvalue weighted by Crippen LogP contribution is 2.07. The van der Waals surface area contributed by atoms with Crippen LogP contribution in [0.25, 0.3) is 0 Å². The Balaban J connectivity index is 2.68. The van der Waals surface area contributed by atoms with Crippen molar-refractivity contribution >= 4 is 21.3 Å². The second-order valence-electron chi connectivity index (χ2n) is 3.22. The smallest absolute Gasteiger partial charge is 0.199 e. The second-order valence-corrected chi connectivity index (χ2v) is 6.10. The van der Waals surface area contributed by atoms with Crippen LogP contribution in [0.1, 0.15) is 5.56 Å². The van der Waals surface area contributed by atoms with Crippen LogP contribution in [0.4, 0.5) is 0 Å². The molecular weight excluding hydrogens is 254 g/mol. The zero-order chi connectivity index (χ0) is 12.2. The topological polar surface area (TPSA) is 85.5 Å². The largest absolute Gasteiger partial charge is 0.244 e. The zero-order valence-electron chi connectivity index (χ0n) is 8.50. The molecule has 0 saturated carbocycles. The van der Waals surface area contributed by atoms with Gasteiger partial charge in [0.15, 0.2) is 5.03 Å². The van der Waals surface area contributed by atoms with Crippen LogP contribution in [-0.2, 0) is 16.1 Å². The lowest BCUT2D eigenvalue weighted by Gasteiger charge is -2.00. The minimum Gasteiger partial charge on any atom is -0.244 e. The van der Waals surface area contributed by atoms with Gasteiger partial charge >= 0.3 is 0 Å². The van der Waals surface area contributed by atoms with Gasteiger partial charge in [0.2, 0.25) is 0 Å². The Kier molecular flexibility index (Phi) is 4.19. The van der Waals surface area contributed by atoms with Gasteiger partial charge in [-0.15, -0.1) is 0 Å². The summed E-state index contributed by atoms with van der Waals surface area (Å²) in [7, 11) is -2.77. The van der Waals surface area contributed by atoms with Crippen molar-refractivity contribution in [1.29, 1.82) is 0 Å². The molecule has 8 heteroatoms. The van der Waals surface area contributed by atoms with Gasteiger partial charge in [-0.25, -0.2) is 19.3 Å². The number of halogens is 1. The van der Waals surface area contributed by atoms with Crippen molar-refractivity contribution in [3.05, 3.63) is 39.2 Å². The number of aryl methyl sites for hydroxylation is 1. The van der Waals surface area contributed by atoms with Gasteiger partial charge in [-0.05, 0) is 18.1 Å². The third kappa shape index (κ3) is 4.54. The summed E-state index contributed by atoms with van der Waals surface area (Å²) in [4.78, 5) is 13.9. The molecule has 0 fully saturated rings. The molecule has 0 aromatic carbocycles. The Morgan fingerprint density at radius 3 is 2.81 bits per heavy atom. The molecule has 0 spiro atoms. The minimum atomic E-state index is -2.77. The van der Waals surface area contributed by atoms with Crippen LogP contribution < -0.4 is 0 Å². The predicted octanol–water partition coefficient (Wildman–Crippen LogP) is 1.57. The average molecular weight is 264 g/mol. The van der Waals surface area contributed by atoms with Gasteiger partial charge < -0.3 is 0 Å². The van der Waals surface area contributed by atoms with Crippen molar-refractivity contribution in [2.24, 2.45) is 4.47 Å². The van der Waals surface area contributed by atoms with E-state index in [2.05, 4.69) is 9.46 Å². The maximum Gasteiger partial charge on any atom is 0.199 e. The molecule has 1 unspecified atom stereocenters. The minimum absolute atomic E-state index is 0.122. The summed E-state index contributed by atoms with van der Waals surface area (Å²) < 4.78 is 14.5. The number of nitro groups is 1. The third-order valence-corrected chi connectivity index (χ3v) is 3.46. The van der Waals surface area contributed by atoms with Crippen molar-refractivity contribution in [3.63, 3.8) is 0 Å². The molecule has 6 nitrogen and oxygen atoms in total. The maximum atomic E-state index is 11.6. The highest BCUT2D eigenvalue weighted by molar-refractivity contribution is 7.92. The van der Waals surface area contributed by atoms with E-state index in [0.717, 1.165) is 5.56 Å². The second kappa shape index (κ2) is 5.22. The van der Waals surface area contributed by atoms with E-state index < -0.39 is 14.8 Å². The van der Waals surface area contributed by atoms with E-state index in [1.54, 1.807) is 18.3 Å². The van der Waals surface area contributed by atoms with Crippen LogP contribution >= 0.6 is 11.6 Å². The summed E-state index contributed by atoms with van der Waals surface area (Å²) in [6.07, 6.45) is 3.22. The lowest BCUT2D eigenvalue weighted by molar-refractivity contribution is -0.482. The number of hydrogen-bond donors (Lipinski definition) is 0. The summed E-state index contributed by atoms with van der Waals surface area (Å²) in [5.74, 6) is 0.122. The summed E-state index contributed by atoms with van der Waals surface area (Å²) in [6, 6.07) is 3.34. The monoisotopic (exact) mass is 263 g/mol. The van der Waals surface area contributed by atoms with Crippen molar-refractivity contribution in [1.82, 2.24) is 4.98 Å². The number of nitrogens with zero attached hydrogens (tertiary/aromatic N) is 3. The van der Waals surface area contributed by atoms with E-state index in [1.807, 2.05) is 0 Å².